The zero-order chi connectivity index (χ0) is 15.6. The summed E-state index contributed by atoms with van der Waals surface area (Å²) in [4.78, 5) is 0. The van der Waals surface area contributed by atoms with Crippen molar-refractivity contribution in [2.75, 3.05) is 28.2 Å². The molecule has 0 aromatic heterocycles. The van der Waals surface area contributed by atoms with Crippen LogP contribution in [0.3, 0.4) is 0 Å². The summed E-state index contributed by atoms with van der Waals surface area (Å²) in [5.74, 6) is 0. The first-order valence-corrected chi connectivity index (χ1v) is 12.3. The first-order chi connectivity index (χ1) is 9.34. The minimum atomic E-state index is -2.13. The van der Waals surface area contributed by atoms with Gasteiger partial charge in [-0.15, -0.1) is 26.3 Å². The van der Waals surface area contributed by atoms with Gasteiger partial charge in [0.2, 0.25) is 36.5 Å². The molecule has 1 heterocycles. The third-order valence-corrected chi connectivity index (χ3v) is 17.4. The van der Waals surface area contributed by atoms with Crippen LogP contribution in [0.15, 0.2) is 49.1 Å². The van der Waals surface area contributed by atoms with Crippen LogP contribution in [0.2, 0.25) is 0 Å². The molecule has 4 radical (unpaired) electrons. The predicted molar refractivity (Wildman–Crippen MR) is 94.9 cm³/mol. The van der Waals surface area contributed by atoms with Gasteiger partial charge in [0.25, 0.3) is 0 Å². The van der Waals surface area contributed by atoms with E-state index in [0.717, 1.165) is 0 Å². The Morgan fingerprint density at radius 1 is 0.700 bits per heavy atom. The standard InChI is InChI=1S/C12H24N4Si4/c1-9-19(10-2)14(6)17-13(5)18-15(7)20(11-3,12-4)16(19)8/h9-12H,1-4H2,5-8H3. The van der Waals surface area contributed by atoms with Gasteiger partial charge in [-0.1, -0.05) is 22.8 Å². The molecule has 0 bridgehead atoms. The second-order valence-corrected chi connectivity index (χ2v) is 17.1. The third kappa shape index (κ3) is 2.57. The number of hydrogen-bond donors (Lipinski definition) is 0. The van der Waals surface area contributed by atoms with Crippen LogP contribution in [0.5, 0.6) is 0 Å². The monoisotopic (exact) mass is 336 g/mol. The molecule has 1 saturated heterocycles. The summed E-state index contributed by atoms with van der Waals surface area (Å²) in [5, 5.41) is 0. The Balaban J connectivity index is 3.50. The fraction of sp³-hybridized carbons (Fsp3) is 0.333. The maximum absolute atomic E-state index is 4.12. The molecule has 0 N–H and O–H groups in total. The first-order valence-electron chi connectivity index (χ1n) is 6.37. The second kappa shape index (κ2) is 6.62. The van der Waals surface area contributed by atoms with Gasteiger partial charge in [0.1, 0.15) is 0 Å². The highest BCUT2D eigenvalue weighted by molar-refractivity contribution is 7.02. The summed E-state index contributed by atoms with van der Waals surface area (Å²) in [6, 6.07) is 0. The van der Waals surface area contributed by atoms with E-state index in [0.29, 0.717) is 19.7 Å². The van der Waals surface area contributed by atoms with Gasteiger partial charge in [0.15, 0.2) is 0 Å². The Kier molecular flexibility index (Phi) is 5.87. The van der Waals surface area contributed by atoms with Crippen LogP contribution >= 0.6 is 0 Å². The van der Waals surface area contributed by atoms with E-state index >= 15 is 0 Å². The summed E-state index contributed by atoms with van der Waals surface area (Å²) in [7, 11) is 5.65. The number of nitrogens with zero attached hydrogens (tertiary/aromatic N) is 4. The molecule has 1 rings (SSSR count). The highest BCUT2D eigenvalue weighted by Crippen LogP contribution is 2.26. The van der Waals surface area contributed by atoms with Crippen molar-refractivity contribution < 1.29 is 0 Å². The first kappa shape index (κ1) is 17.7. The predicted octanol–water partition coefficient (Wildman–Crippen LogP) is 0.581. The summed E-state index contributed by atoms with van der Waals surface area (Å²) in [6.45, 7) is 16.5. The molecule has 0 aliphatic carbocycles. The summed E-state index contributed by atoms with van der Waals surface area (Å²) in [6.07, 6.45) is 0. The van der Waals surface area contributed by atoms with Gasteiger partial charge < -0.3 is 16.9 Å². The average molecular weight is 337 g/mol. The SMILES string of the molecule is C=C[Si]1(C=C)N(C)[Si]N(C)[Si]N(C)[Si](C=C)(C=C)N1C. The highest BCUT2D eigenvalue weighted by atomic mass is 28.5. The smallest absolute Gasteiger partial charge is 0.245 e. The van der Waals surface area contributed by atoms with Gasteiger partial charge in [-0.25, -0.2) is 0 Å². The van der Waals surface area contributed by atoms with Crippen LogP contribution in [0.25, 0.3) is 0 Å². The lowest BCUT2D eigenvalue weighted by atomic mass is 11.2. The Hall–Kier alpha value is -0.332. The molecule has 0 atom stereocenters. The normalized spacial score (nSPS) is 25.4. The van der Waals surface area contributed by atoms with Crippen LogP contribution in [0.4, 0.5) is 0 Å². The van der Waals surface area contributed by atoms with E-state index in [-0.39, 0.29) is 0 Å². The second-order valence-electron chi connectivity index (χ2n) is 4.82. The Bertz CT molecular complexity index is 362. The largest absolute Gasteiger partial charge is 0.326 e. The zero-order valence-electron chi connectivity index (χ0n) is 12.9. The van der Waals surface area contributed by atoms with Gasteiger partial charge in [0.05, 0.1) is 0 Å². The van der Waals surface area contributed by atoms with Crippen molar-refractivity contribution in [3.8, 4) is 0 Å². The van der Waals surface area contributed by atoms with E-state index in [1.165, 1.54) is 0 Å². The molecular weight excluding hydrogens is 313 g/mol. The minimum absolute atomic E-state index is 0.622. The molecule has 0 amide bonds. The maximum atomic E-state index is 4.12. The Morgan fingerprint density at radius 2 is 1.00 bits per heavy atom. The van der Waals surface area contributed by atoms with E-state index < -0.39 is 16.8 Å². The van der Waals surface area contributed by atoms with Gasteiger partial charge in [-0.3, -0.25) is 0 Å². The van der Waals surface area contributed by atoms with Crippen molar-refractivity contribution in [1.29, 1.82) is 0 Å². The van der Waals surface area contributed by atoms with Crippen molar-refractivity contribution >= 4 is 36.5 Å². The lowest BCUT2D eigenvalue weighted by molar-refractivity contribution is 0.552. The van der Waals surface area contributed by atoms with E-state index in [9.17, 15) is 0 Å². The molecular formula is C12H24N4Si4. The Morgan fingerprint density at radius 3 is 1.25 bits per heavy atom. The van der Waals surface area contributed by atoms with E-state index in [1.54, 1.807) is 0 Å². The van der Waals surface area contributed by atoms with Crippen LogP contribution in [-0.2, 0) is 0 Å². The molecule has 8 heteroatoms. The molecule has 0 saturated carbocycles. The number of rotatable bonds is 4. The maximum Gasteiger partial charge on any atom is 0.245 e. The van der Waals surface area contributed by atoms with E-state index in [2.05, 4.69) is 94.2 Å². The molecule has 0 spiro atoms. The fourth-order valence-electron chi connectivity index (χ4n) is 2.63. The van der Waals surface area contributed by atoms with E-state index in [4.69, 9.17) is 0 Å². The summed E-state index contributed by atoms with van der Waals surface area (Å²) < 4.78 is 9.67. The van der Waals surface area contributed by atoms with Crippen molar-refractivity contribution in [3.63, 3.8) is 0 Å². The van der Waals surface area contributed by atoms with Gasteiger partial charge in [0, 0.05) is 0 Å². The summed E-state index contributed by atoms with van der Waals surface area (Å²) in [5.41, 5.74) is 8.38. The molecule has 1 aliphatic heterocycles. The molecule has 0 aromatic carbocycles. The molecule has 1 aliphatic rings. The lowest BCUT2D eigenvalue weighted by Crippen LogP contribution is -2.78. The average Bonchev–Trinajstić information content (AvgIpc) is 2.41. The fourth-order valence-corrected chi connectivity index (χ4v) is 17.7. The quantitative estimate of drug-likeness (QED) is 0.696. The molecule has 4 nitrogen and oxygen atoms in total. The summed E-state index contributed by atoms with van der Waals surface area (Å²) >= 11 is 0. The molecule has 0 aromatic rings. The van der Waals surface area contributed by atoms with Crippen molar-refractivity contribution in [2.24, 2.45) is 0 Å². The highest BCUT2D eigenvalue weighted by Gasteiger charge is 2.51. The van der Waals surface area contributed by atoms with Crippen LogP contribution in [0.1, 0.15) is 0 Å². The van der Waals surface area contributed by atoms with E-state index in [1.807, 2.05) is 0 Å². The van der Waals surface area contributed by atoms with Gasteiger partial charge in [-0.2, -0.15) is 0 Å². The molecule has 0 unspecified atom stereocenters. The van der Waals surface area contributed by atoms with Gasteiger partial charge >= 0.3 is 0 Å². The molecule has 1 fully saturated rings. The lowest BCUT2D eigenvalue weighted by Gasteiger charge is -2.54. The zero-order valence-corrected chi connectivity index (χ0v) is 16.9. The molecule has 108 valence electrons. The Labute approximate surface area is 131 Å². The van der Waals surface area contributed by atoms with Crippen molar-refractivity contribution in [3.05, 3.63) is 49.1 Å². The van der Waals surface area contributed by atoms with Crippen LogP contribution in [0, 0.1) is 0 Å². The topological polar surface area (TPSA) is 13.0 Å². The van der Waals surface area contributed by atoms with Crippen molar-refractivity contribution in [2.45, 2.75) is 0 Å². The van der Waals surface area contributed by atoms with Crippen molar-refractivity contribution in [1.82, 2.24) is 16.9 Å². The van der Waals surface area contributed by atoms with Crippen LogP contribution < -0.4 is 0 Å². The van der Waals surface area contributed by atoms with Crippen LogP contribution in [-0.4, -0.2) is 81.6 Å². The number of hydrogen-bond acceptors (Lipinski definition) is 4. The minimum Gasteiger partial charge on any atom is -0.326 e. The molecule has 20 heavy (non-hydrogen) atoms. The van der Waals surface area contributed by atoms with Gasteiger partial charge in [-0.05, 0) is 28.2 Å². The third-order valence-electron chi connectivity index (χ3n) is 3.95.